The lowest BCUT2D eigenvalue weighted by Gasteiger charge is -2.15. The van der Waals surface area contributed by atoms with Crippen LogP contribution in [0.25, 0.3) is 6.08 Å². The molecule has 2 nitrogen and oxygen atoms in total. The molecule has 0 fully saturated rings. The summed E-state index contributed by atoms with van der Waals surface area (Å²) >= 11 is 0. The van der Waals surface area contributed by atoms with Crippen molar-refractivity contribution in [3.05, 3.63) is 114 Å². The Hall–Kier alpha value is -3.13. The van der Waals surface area contributed by atoms with Crippen LogP contribution in [0.1, 0.15) is 27.9 Å². The van der Waals surface area contributed by atoms with Gasteiger partial charge in [0, 0.05) is 0 Å². The molecule has 0 radical (unpaired) electrons. The van der Waals surface area contributed by atoms with Crippen LogP contribution in [0.2, 0.25) is 0 Å². The Balaban J connectivity index is 1.70. The maximum absolute atomic E-state index is 12.4. The lowest BCUT2D eigenvalue weighted by atomic mass is 10.1. The van der Waals surface area contributed by atoms with Gasteiger partial charge in [0.1, 0.15) is 6.10 Å². The first-order chi connectivity index (χ1) is 12.8. The van der Waals surface area contributed by atoms with Crippen LogP contribution in [0, 0.1) is 0 Å². The van der Waals surface area contributed by atoms with Gasteiger partial charge in [-0.25, -0.2) is 4.79 Å². The van der Waals surface area contributed by atoms with Crippen molar-refractivity contribution in [2.24, 2.45) is 0 Å². The van der Waals surface area contributed by atoms with Crippen molar-refractivity contribution >= 4 is 12.0 Å². The third-order valence-corrected chi connectivity index (χ3v) is 4.13. The summed E-state index contributed by atoms with van der Waals surface area (Å²) in [5.74, 6) is -0.290. The number of hydrogen-bond donors (Lipinski definition) is 0. The summed E-state index contributed by atoms with van der Waals surface area (Å²) in [5.41, 5.74) is 2.90. The standard InChI is InChI=1S/C24H22O2/c25-24(22-14-8-3-9-15-22)26-23(18-16-20-10-4-1-5-11-20)19-17-21-12-6-2-7-13-21/h1-16,18,23H,17,19H2/b18-16+/t23-/m0/s1. The van der Waals surface area contributed by atoms with E-state index in [1.54, 1.807) is 12.1 Å². The van der Waals surface area contributed by atoms with Gasteiger partial charge in [0.15, 0.2) is 0 Å². The van der Waals surface area contributed by atoms with Crippen LogP contribution >= 0.6 is 0 Å². The van der Waals surface area contributed by atoms with Crippen molar-refractivity contribution < 1.29 is 9.53 Å². The van der Waals surface area contributed by atoms with E-state index in [4.69, 9.17) is 4.74 Å². The summed E-state index contributed by atoms with van der Waals surface area (Å²) in [6.07, 6.45) is 5.30. The molecule has 3 aromatic rings. The number of carbonyl (C=O) groups is 1. The van der Waals surface area contributed by atoms with Crippen LogP contribution in [0.5, 0.6) is 0 Å². The molecule has 3 rings (SSSR count). The Labute approximate surface area is 154 Å². The number of ether oxygens (including phenoxy) is 1. The first kappa shape index (κ1) is 17.7. The molecule has 2 heteroatoms. The second-order valence-electron chi connectivity index (χ2n) is 6.10. The van der Waals surface area contributed by atoms with E-state index < -0.39 is 0 Å². The molecular weight excluding hydrogens is 320 g/mol. The zero-order valence-electron chi connectivity index (χ0n) is 14.6. The fourth-order valence-corrected chi connectivity index (χ4v) is 2.71. The largest absolute Gasteiger partial charge is 0.455 e. The fraction of sp³-hybridized carbons (Fsp3) is 0.125. The zero-order valence-corrected chi connectivity index (χ0v) is 14.6. The van der Waals surface area contributed by atoms with E-state index in [2.05, 4.69) is 12.1 Å². The highest BCUT2D eigenvalue weighted by Gasteiger charge is 2.13. The van der Waals surface area contributed by atoms with Gasteiger partial charge in [-0.05, 0) is 42.2 Å². The maximum atomic E-state index is 12.4. The topological polar surface area (TPSA) is 26.3 Å². The minimum absolute atomic E-state index is 0.275. The first-order valence-corrected chi connectivity index (χ1v) is 8.84. The van der Waals surface area contributed by atoms with Gasteiger partial charge >= 0.3 is 5.97 Å². The Morgan fingerprint density at radius 3 is 2.04 bits per heavy atom. The Morgan fingerprint density at radius 1 is 0.808 bits per heavy atom. The third-order valence-electron chi connectivity index (χ3n) is 4.13. The first-order valence-electron chi connectivity index (χ1n) is 8.84. The summed E-state index contributed by atoms with van der Waals surface area (Å²) in [5, 5.41) is 0. The quantitative estimate of drug-likeness (QED) is 0.526. The van der Waals surface area contributed by atoms with Gasteiger partial charge in [0.05, 0.1) is 5.56 Å². The average Bonchev–Trinajstić information content (AvgIpc) is 2.72. The number of benzene rings is 3. The smallest absolute Gasteiger partial charge is 0.338 e. The predicted octanol–water partition coefficient (Wildman–Crippen LogP) is 5.56. The second kappa shape index (κ2) is 9.38. The molecule has 0 heterocycles. The lowest BCUT2D eigenvalue weighted by molar-refractivity contribution is 0.0382. The Kier molecular flexibility index (Phi) is 6.38. The van der Waals surface area contributed by atoms with Crippen LogP contribution in [-0.4, -0.2) is 12.1 Å². The number of hydrogen-bond acceptors (Lipinski definition) is 2. The molecule has 0 spiro atoms. The molecule has 0 bridgehead atoms. The summed E-state index contributed by atoms with van der Waals surface area (Å²) in [6, 6.07) is 29.4. The molecule has 3 aromatic carbocycles. The molecular formula is C24H22O2. The molecule has 1 atom stereocenters. The van der Waals surface area contributed by atoms with Crippen LogP contribution < -0.4 is 0 Å². The molecule has 0 aliphatic carbocycles. The van der Waals surface area contributed by atoms with Gasteiger partial charge in [-0.2, -0.15) is 0 Å². The van der Waals surface area contributed by atoms with Crippen molar-refractivity contribution in [2.45, 2.75) is 18.9 Å². The lowest BCUT2D eigenvalue weighted by Crippen LogP contribution is -2.17. The van der Waals surface area contributed by atoms with Crippen molar-refractivity contribution in [2.75, 3.05) is 0 Å². The van der Waals surface area contributed by atoms with Gasteiger partial charge in [0.25, 0.3) is 0 Å². The van der Waals surface area contributed by atoms with E-state index in [0.29, 0.717) is 5.56 Å². The molecule has 130 valence electrons. The number of aryl methyl sites for hydroxylation is 1. The van der Waals surface area contributed by atoms with Gasteiger partial charge in [0.2, 0.25) is 0 Å². The van der Waals surface area contributed by atoms with Gasteiger partial charge in [-0.15, -0.1) is 0 Å². The van der Waals surface area contributed by atoms with Crippen molar-refractivity contribution in [1.82, 2.24) is 0 Å². The highest BCUT2D eigenvalue weighted by Crippen LogP contribution is 2.13. The molecule has 0 amide bonds. The fourth-order valence-electron chi connectivity index (χ4n) is 2.71. The van der Waals surface area contributed by atoms with Crippen molar-refractivity contribution in [3.8, 4) is 0 Å². The summed E-state index contributed by atoms with van der Waals surface area (Å²) in [7, 11) is 0. The van der Waals surface area contributed by atoms with Crippen LogP contribution in [-0.2, 0) is 11.2 Å². The normalized spacial score (nSPS) is 12.0. The van der Waals surface area contributed by atoms with Crippen molar-refractivity contribution in [3.63, 3.8) is 0 Å². The van der Waals surface area contributed by atoms with Gasteiger partial charge in [-0.3, -0.25) is 0 Å². The molecule has 0 N–H and O–H groups in total. The van der Waals surface area contributed by atoms with E-state index >= 15 is 0 Å². The predicted molar refractivity (Wildman–Crippen MR) is 106 cm³/mol. The maximum Gasteiger partial charge on any atom is 0.338 e. The second-order valence-corrected chi connectivity index (χ2v) is 6.10. The molecule has 0 aromatic heterocycles. The minimum Gasteiger partial charge on any atom is -0.455 e. The minimum atomic E-state index is -0.290. The van der Waals surface area contributed by atoms with Crippen LogP contribution in [0.15, 0.2) is 97.1 Å². The van der Waals surface area contributed by atoms with Crippen LogP contribution in [0.3, 0.4) is 0 Å². The van der Waals surface area contributed by atoms with Gasteiger partial charge < -0.3 is 4.74 Å². The van der Waals surface area contributed by atoms with Gasteiger partial charge in [-0.1, -0.05) is 84.9 Å². The monoisotopic (exact) mass is 342 g/mol. The molecule has 26 heavy (non-hydrogen) atoms. The number of rotatable bonds is 7. The summed E-state index contributed by atoms with van der Waals surface area (Å²) < 4.78 is 5.75. The van der Waals surface area contributed by atoms with E-state index in [-0.39, 0.29) is 12.1 Å². The average molecular weight is 342 g/mol. The van der Waals surface area contributed by atoms with E-state index in [1.807, 2.05) is 78.9 Å². The Morgan fingerprint density at radius 2 is 1.38 bits per heavy atom. The molecule has 0 aliphatic rings. The number of esters is 1. The molecule has 0 aliphatic heterocycles. The molecule has 0 unspecified atom stereocenters. The SMILES string of the molecule is O=C(O[C@@H](/C=C/c1ccccc1)CCc1ccccc1)c1ccccc1. The zero-order chi connectivity index (χ0) is 18.0. The van der Waals surface area contributed by atoms with Crippen molar-refractivity contribution in [1.29, 1.82) is 0 Å². The highest BCUT2D eigenvalue weighted by atomic mass is 16.5. The highest BCUT2D eigenvalue weighted by molar-refractivity contribution is 5.89. The summed E-state index contributed by atoms with van der Waals surface area (Å²) in [6.45, 7) is 0. The number of carbonyl (C=O) groups excluding carboxylic acids is 1. The Bertz CT molecular complexity index is 824. The van der Waals surface area contributed by atoms with Crippen LogP contribution in [0.4, 0.5) is 0 Å². The van der Waals surface area contributed by atoms with E-state index in [0.717, 1.165) is 18.4 Å². The third kappa shape index (κ3) is 5.45. The van der Waals surface area contributed by atoms with E-state index in [9.17, 15) is 4.79 Å². The molecule has 0 saturated carbocycles. The summed E-state index contributed by atoms with van der Waals surface area (Å²) in [4.78, 5) is 12.4. The molecule has 0 saturated heterocycles. The van der Waals surface area contributed by atoms with E-state index in [1.165, 1.54) is 5.56 Å².